The van der Waals surface area contributed by atoms with Gasteiger partial charge in [0, 0.05) is 0 Å². The van der Waals surface area contributed by atoms with Crippen LogP contribution in [0.25, 0.3) is 0 Å². The number of carboxylic acid groups (broad SMARTS) is 6. The van der Waals surface area contributed by atoms with Gasteiger partial charge in [0.25, 0.3) is 0 Å². The van der Waals surface area contributed by atoms with Gasteiger partial charge in [0.15, 0.2) is 0 Å². The molecule has 0 aromatic rings. The first-order valence-electron chi connectivity index (χ1n) is 3.20. The molecule has 0 atom stereocenters. The van der Waals surface area contributed by atoms with Crippen molar-refractivity contribution in [1.29, 1.82) is 0 Å². The first-order valence-corrected chi connectivity index (χ1v) is 3.20. The molecule has 0 heterocycles. The molecule has 0 aromatic heterocycles. The van der Waals surface area contributed by atoms with E-state index >= 15 is 0 Å². The second-order valence-electron chi connectivity index (χ2n) is 1.72. The minimum Gasteiger partial charge on any atom is -0.543 e. The molecule has 0 aromatic carbocycles. The number of hydrogen-bond acceptors (Lipinski definition) is 12. The molecule has 0 aliphatic heterocycles. The van der Waals surface area contributed by atoms with Gasteiger partial charge in [-0.05, 0) is 0 Å². The van der Waals surface area contributed by atoms with Crippen molar-refractivity contribution in [3.05, 3.63) is 0 Å². The van der Waals surface area contributed by atoms with E-state index in [2.05, 4.69) is 0 Å². The molecule has 0 fully saturated rings. The van der Waals surface area contributed by atoms with E-state index in [0.29, 0.717) is 0 Å². The van der Waals surface area contributed by atoms with Crippen LogP contribution in [0.3, 0.4) is 0 Å². The SMILES string of the molecule is O.O.O.O.O.O.O=C([O-])C(=O)[O-].O=C([O-])C(=O)[O-].O=C([O-])C(=O)[O-].[Lu+3].[Lu+3]. The van der Waals surface area contributed by atoms with Gasteiger partial charge < -0.3 is 92.3 Å². The molecule has 0 bridgehead atoms. The summed E-state index contributed by atoms with van der Waals surface area (Å²) in [5.41, 5.74) is 0. The monoisotopic (exact) mass is 722 g/mol. The van der Waals surface area contributed by atoms with Gasteiger partial charge in [0.2, 0.25) is 0 Å². The normalized spacial score (nSPS) is 5.08. The fourth-order valence-corrected chi connectivity index (χ4v) is 0. The minimum atomic E-state index is -2.19. The second kappa shape index (κ2) is 44.0. The van der Waals surface area contributed by atoms with Gasteiger partial charge in [-0.25, -0.2) is 0 Å². The van der Waals surface area contributed by atoms with Gasteiger partial charge in [-0.15, -0.1) is 0 Å². The van der Waals surface area contributed by atoms with E-state index in [9.17, 15) is 0 Å². The number of carbonyl (C=O) groups excluding carboxylic acids is 6. The number of carboxylic acids is 6. The molecule has 18 nitrogen and oxygen atoms in total. The molecule has 0 rings (SSSR count). The Morgan fingerprint density at radius 1 is 0.308 bits per heavy atom. The predicted octanol–water partition coefficient (Wildman–Crippen LogP) is -15.5. The molecular weight excluding hydrogens is 710 g/mol. The summed E-state index contributed by atoms with van der Waals surface area (Å²) >= 11 is 0. The van der Waals surface area contributed by atoms with Crippen LogP contribution in [-0.2, 0) is 28.8 Å². The number of aliphatic carboxylic acids is 6. The summed E-state index contributed by atoms with van der Waals surface area (Å²) in [6.45, 7) is 0. The van der Waals surface area contributed by atoms with Crippen molar-refractivity contribution in [2.24, 2.45) is 0 Å². The van der Waals surface area contributed by atoms with Gasteiger partial charge in [-0.1, -0.05) is 0 Å². The van der Waals surface area contributed by atoms with Crippen molar-refractivity contribution in [1.82, 2.24) is 0 Å². The van der Waals surface area contributed by atoms with Crippen LogP contribution in [0, 0.1) is 73.7 Å². The van der Waals surface area contributed by atoms with Crippen LogP contribution in [0.1, 0.15) is 0 Å². The molecule has 0 radical (unpaired) electrons. The first-order chi connectivity index (χ1) is 7.93. The Kier molecular flexibility index (Phi) is 124. The van der Waals surface area contributed by atoms with Gasteiger partial charge in [-0.3, -0.25) is 0 Å². The van der Waals surface area contributed by atoms with Crippen LogP contribution in [0.4, 0.5) is 0 Å². The summed E-state index contributed by atoms with van der Waals surface area (Å²) in [6.07, 6.45) is 0. The zero-order chi connectivity index (χ0) is 15.5. The molecule has 20 heteroatoms. The van der Waals surface area contributed by atoms with E-state index in [4.69, 9.17) is 59.4 Å². The Morgan fingerprint density at radius 2 is 0.346 bits per heavy atom. The van der Waals surface area contributed by atoms with Gasteiger partial charge in [0.05, 0.1) is 35.8 Å². The molecule has 0 saturated carbocycles. The first kappa shape index (κ1) is 73.4. The van der Waals surface area contributed by atoms with Crippen molar-refractivity contribution >= 4 is 35.8 Å². The Hall–Kier alpha value is -0.952. The Morgan fingerprint density at radius 3 is 0.346 bits per heavy atom. The molecule has 12 N–H and O–H groups in total. The molecule has 26 heavy (non-hydrogen) atoms. The Bertz CT molecular complexity index is 285. The summed E-state index contributed by atoms with van der Waals surface area (Å²) in [7, 11) is 0. The van der Waals surface area contributed by atoms with Crippen LogP contribution in [0.2, 0.25) is 0 Å². The Labute approximate surface area is 200 Å². The summed E-state index contributed by atoms with van der Waals surface area (Å²) in [4.78, 5) is 53.6. The van der Waals surface area contributed by atoms with Crippen molar-refractivity contribution in [3.8, 4) is 0 Å². The maximum Gasteiger partial charge on any atom is 3.00 e. The summed E-state index contributed by atoms with van der Waals surface area (Å²) in [5.74, 6) is -13.1. The van der Waals surface area contributed by atoms with Crippen molar-refractivity contribution in [2.45, 2.75) is 0 Å². The molecule has 0 saturated heterocycles. The third kappa shape index (κ3) is 91.8. The standard InChI is InChI=1S/3C2H2O4.2Lu.6H2O/c3*3-1(4)2(5)6;;;;;;;;/h3*(H,3,4)(H,5,6);;;6*1H2/q;;;2*+3;;;;;;/p-6. The average Bonchev–Trinajstić information content (AvgIpc) is 2.18. The molecule has 0 aliphatic rings. The quantitative estimate of drug-likeness (QED) is 0.210. The van der Waals surface area contributed by atoms with E-state index in [1.165, 1.54) is 0 Å². The van der Waals surface area contributed by atoms with Crippen molar-refractivity contribution in [2.75, 3.05) is 0 Å². The topological polar surface area (TPSA) is 430 Å². The van der Waals surface area contributed by atoms with E-state index in [1.807, 2.05) is 0 Å². The van der Waals surface area contributed by atoms with Gasteiger partial charge in [-0.2, -0.15) is 0 Å². The predicted molar refractivity (Wildman–Crippen MR) is 51.7 cm³/mol. The van der Waals surface area contributed by atoms with E-state index in [0.717, 1.165) is 0 Å². The number of carbonyl (C=O) groups is 6. The molecule has 174 valence electrons. The third-order valence-corrected chi connectivity index (χ3v) is 0.500. The fraction of sp³-hybridized carbons (Fsp3) is 0. The maximum atomic E-state index is 8.93. The van der Waals surface area contributed by atoms with Crippen LogP contribution < -0.4 is 30.6 Å². The molecule has 0 amide bonds. The second-order valence-corrected chi connectivity index (χ2v) is 1.72. The average molecular weight is 722 g/mol. The van der Waals surface area contributed by atoms with Crippen LogP contribution in [0.5, 0.6) is 0 Å². The van der Waals surface area contributed by atoms with E-state index in [-0.39, 0.29) is 107 Å². The molecule has 0 spiro atoms. The van der Waals surface area contributed by atoms with E-state index < -0.39 is 35.8 Å². The third-order valence-electron chi connectivity index (χ3n) is 0.500. The molecule has 0 unspecified atom stereocenters. The Balaban J connectivity index is -0.0000000125. The largest absolute Gasteiger partial charge is 3.00 e. The van der Waals surface area contributed by atoms with E-state index in [1.54, 1.807) is 0 Å². The summed E-state index contributed by atoms with van der Waals surface area (Å²) in [5, 5.41) is 53.6. The van der Waals surface area contributed by atoms with Crippen LogP contribution in [0.15, 0.2) is 0 Å². The smallest absolute Gasteiger partial charge is 0.543 e. The zero-order valence-electron chi connectivity index (χ0n) is 11.4. The number of hydrogen-bond donors (Lipinski definition) is 0. The molecule has 0 aliphatic carbocycles. The van der Waals surface area contributed by atoms with Crippen molar-refractivity contribution in [3.63, 3.8) is 0 Å². The van der Waals surface area contributed by atoms with Crippen LogP contribution in [-0.4, -0.2) is 68.7 Å². The van der Waals surface area contributed by atoms with Gasteiger partial charge in [0.1, 0.15) is 0 Å². The maximum absolute atomic E-state index is 8.93. The number of rotatable bonds is 0. The molecular formula is C6H12Lu2O18. The van der Waals surface area contributed by atoms with Crippen molar-refractivity contribution < 1.29 is 166 Å². The minimum absolute atomic E-state index is 0. The van der Waals surface area contributed by atoms with Crippen LogP contribution >= 0.6 is 0 Å². The fourth-order valence-electron chi connectivity index (χ4n) is 0. The van der Waals surface area contributed by atoms with Gasteiger partial charge >= 0.3 is 73.7 Å². The zero-order valence-corrected chi connectivity index (χ0v) is 14.7. The summed E-state index contributed by atoms with van der Waals surface area (Å²) in [6, 6.07) is 0. The summed E-state index contributed by atoms with van der Waals surface area (Å²) < 4.78 is 0.